The number of nitro benzene ring substituents is 1. The topological polar surface area (TPSA) is 82.2 Å². The van der Waals surface area contributed by atoms with Crippen molar-refractivity contribution in [1.82, 2.24) is 4.90 Å². The maximum absolute atomic E-state index is 10.8. The van der Waals surface area contributed by atoms with Gasteiger partial charge in [0.2, 0.25) is 0 Å². The molecule has 130 valence electrons. The van der Waals surface area contributed by atoms with Crippen molar-refractivity contribution in [1.29, 1.82) is 5.26 Å². The van der Waals surface area contributed by atoms with Crippen LogP contribution in [0.2, 0.25) is 0 Å². The van der Waals surface area contributed by atoms with Gasteiger partial charge in [-0.3, -0.25) is 15.0 Å². The molecular weight excluding hydrogens is 304 g/mol. The average Bonchev–Trinajstić information content (AvgIpc) is 2.84. The Kier molecular flexibility index (Phi) is 6.56. The average molecular weight is 330 g/mol. The van der Waals surface area contributed by atoms with Gasteiger partial charge in [0.15, 0.2) is 0 Å². The number of nitrogens with one attached hydrogen (secondary N) is 1. The van der Waals surface area contributed by atoms with E-state index in [9.17, 15) is 15.4 Å². The molecule has 0 unspecified atom stereocenters. The zero-order valence-corrected chi connectivity index (χ0v) is 14.5. The molecule has 0 radical (unpaired) electrons. The number of nitriles is 1. The van der Waals surface area contributed by atoms with E-state index in [-0.39, 0.29) is 5.69 Å². The molecule has 1 aliphatic heterocycles. The van der Waals surface area contributed by atoms with Crippen molar-refractivity contribution in [2.45, 2.75) is 45.6 Å². The second kappa shape index (κ2) is 8.65. The van der Waals surface area contributed by atoms with Crippen molar-refractivity contribution < 1.29 is 4.92 Å². The molecule has 1 aliphatic rings. The third-order valence-electron chi connectivity index (χ3n) is 4.72. The van der Waals surface area contributed by atoms with Crippen LogP contribution in [0.3, 0.4) is 0 Å². The third-order valence-corrected chi connectivity index (χ3v) is 4.72. The van der Waals surface area contributed by atoms with Gasteiger partial charge in [0.05, 0.1) is 16.2 Å². The number of non-ortho nitro benzene ring substituents is 1. The highest BCUT2D eigenvalue weighted by atomic mass is 16.6. The fourth-order valence-corrected chi connectivity index (χ4v) is 3.32. The van der Waals surface area contributed by atoms with Crippen LogP contribution in [0.15, 0.2) is 18.2 Å². The maximum atomic E-state index is 10.8. The summed E-state index contributed by atoms with van der Waals surface area (Å²) in [5.74, 6) is 0.499. The third kappa shape index (κ3) is 4.68. The molecule has 0 bridgehead atoms. The molecule has 0 saturated carbocycles. The minimum absolute atomic E-state index is 0.0509. The van der Waals surface area contributed by atoms with Crippen molar-refractivity contribution in [2.75, 3.05) is 25.0 Å². The fraction of sp³-hybridized carbons (Fsp3) is 0.611. The molecule has 24 heavy (non-hydrogen) atoms. The van der Waals surface area contributed by atoms with Gasteiger partial charge in [-0.05, 0) is 37.9 Å². The summed E-state index contributed by atoms with van der Waals surface area (Å²) in [7, 11) is 0. The van der Waals surface area contributed by atoms with Gasteiger partial charge in [0.25, 0.3) is 5.69 Å². The Morgan fingerprint density at radius 1 is 1.29 bits per heavy atom. The lowest BCUT2D eigenvalue weighted by Crippen LogP contribution is -2.44. The SMILES string of the molecule is CC(C)[C@@H](CNc1ccc([N+](=O)[O-])cc1C#N)N1CCCCCC1. The number of nitrogens with zero attached hydrogens (tertiary/aromatic N) is 3. The summed E-state index contributed by atoms with van der Waals surface area (Å²) in [6, 6.07) is 6.86. The predicted molar refractivity (Wildman–Crippen MR) is 95.0 cm³/mol. The lowest BCUT2D eigenvalue weighted by molar-refractivity contribution is -0.384. The lowest BCUT2D eigenvalue weighted by Gasteiger charge is -2.34. The van der Waals surface area contributed by atoms with Gasteiger partial charge in [-0.15, -0.1) is 0 Å². The Morgan fingerprint density at radius 3 is 2.50 bits per heavy atom. The molecule has 1 fully saturated rings. The van der Waals surface area contributed by atoms with Gasteiger partial charge < -0.3 is 5.32 Å². The van der Waals surface area contributed by atoms with Crippen molar-refractivity contribution in [3.63, 3.8) is 0 Å². The Hall–Kier alpha value is -2.13. The van der Waals surface area contributed by atoms with Crippen molar-refractivity contribution in [3.05, 3.63) is 33.9 Å². The number of benzene rings is 1. The van der Waals surface area contributed by atoms with Crippen LogP contribution in [0.4, 0.5) is 11.4 Å². The van der Waals surface area contributed by atoms with Gasteiger partial charge >= 0.3 is 0 Å². The van der Waals surface area contributed by atoms with Crippen LogP contribution in [0.1, 0.15) is 45.1 Å². The first-order valence-corrected chi connectivity index (χ1v) is 8.69. The number of anilines is 1. The molecule has 1 saturated heterocycles. The second-order valence-electron chi connectivity index (χ2n) is 6.74. The van der Waals surface area contributed by atoms with E-state index in [2.05, 4.69) is 30.1 Å². The molecule has 0 aliphatic carbocycles. The van der Waals surface area contributed by atoms with E-state index in [0.29, 0.717) is 23.2 Å². The summed E-state index contributed by atoms with van der Waals surface area (Å²) in [4.78, 5) is 12.9. The van der Waals surface area contributed by atoms with Gasteiger partial charge in [0, 0.05) is 24.7 Å². The number of nitro groups is 1. The van der Waals surface area contributed by atoms with Crippen LogP contribution in [0, 0.1) is 27.4 Å². The fourth-order valence-electron chi connectivity index (χ4n) is 3.32. The zero-order valence-electron chi connectivity index (χ0n) is 14.5. The summed E-state index contributed by atoms with van der Waals surface area (Å²) in [6.45, 7) is 7.42. The molecular formula is C18H26N4O2. The van der Waals surface area contributed by atoms with Crippen LogP contribution in [0.25, 0.3) is 0 Å². The molecule has 0 spiro atoms. The molecule has 2 rings (SSSR count). The summed E-state index contributed by atoms with van der Waals surface area (Å²) in [5, 5.41) is 23.4. The number of hydrogen-bond donors (Lipinski definition) is 1. The monoisotopic (exact) mass is 330 g/mol. The molecule has 0 aromatic heterocycles. The summed E-state index contributed by atoms with van der Waals surface area (Å²) < 4.78 is 0. The smallest absolute Gasteiger partial charge is 0.270 e. The summed E-state index contributed by atoms with van der Waals surface area (Å²) >= 11 is 0. The molecule has 1 aromatic carbocycles. The standard InChI is InChI=1S/C18H26N4O2/c1-14(2)18(21-9-5-3-4-6-10-21)13-20-17-8-7-16(22(23)24)11-15(17)12-19/h7-8,11,14,18,20H,3-6,9-10,13H2,1-2H3/t18-/m1/s1. The molecule has 6 nitrogen and oxygen atoms in total. The molecule has 1 N–H and O–H groups in total. The number of likely N-dealkylation sites (tertiary alicyclic amines) is 1. The molecule has 0 amide bonds. The summed E-state index contributed by atoms with van der Waals surface area (Å²) in [5.41, 5.74) is 0.941. The minimum atomic E-state index is -0.473. The molecule has 1 heterocycles. The quantitative estimate of drug-likeness (QED) is 0.634. The van der Waals surface area contributed by atoms with Crippen molar-refractivity contribution >= 4 is 11.4 Å². The van der Waals surface area contributed by atoms with Crippen molar-refractivity contribution in [2.24, 2.45) is 5.92 Å². The van der Waals surface area contributed by atoms with E-state index < -0.39 is 4.92 Å². The van der Waals surface area contributed by atoms with Crippen LogP contribution < -0.4 is 5.32 Å². The first-order chi connectivity index (χ1) is 11.5. The Labute approximate surface area is 143 Å². The van der Waals surface area contributed by atoms with Crippen molar-refractivity contribution in [3.8, 4) is 6.07 Å². The van der Waals surface area contributed by atoms with Gasteiger partial charge in [-0.2, -0.15) is 5.26 Å². The molecule has 1 atom stereocenters. The van der Waals surface area contributed by atoms with E-state index in [1.165, 1.54) is 37.8 Å². The largest absolute Gasteiger partial charge is 0.382 e. The second-order valence-corrected chi connectivity index (χ2v) is 6.74. The van der Waals surface area contributed by atoms with E-state index >= 15 is 0 Å². The van der Waals surface area contributed by atoms with E-state index in [1.54, 1.807) is 6.07 Å². The Balaban J connectivity index is 2.09. The highest BCUT2D eigenvalue weighted by Gasteiger charge is 2.23. The highest BCUT2D eigenvalue weighted by Crippen LogP contribution is 2.23. The molecule has 6 heteroatoms. The summed E-state index contributed by atoms with van der Waals surface area (Å²) in [6.07, 6.45) is 5.08. The predicted octanol–water partition coefficient (Wildman–Crippen LogP) is 3.78. The maximum Gasteiger partial charge on any atom is 0.270 e. The van der Waals surface area contributed by atoms with Crippen LogP contribution in [0.5, 0.6) is 0 Å². The lowest BCUT2D eigenvalue weighted by atomic mass is 10.0. The first kappa shape index (κ1) is 18.2. The Morgan fingerprint density at radius 2 is 1.96 bits per heavy atom. The number of rotatable bonds is 6. The van der Waals surface area contributed by atoms with Gasteiger partial charge in [-0.25, -0.2) is 0 Å². The van der Waals surface area contributed by atoms with Crippen LogP contribution in [-0.4, -0.2) is 35.5 Å². The minimum Gasteiger partial charge on any atom is -0.382 e. The molecule has 1 aromatic rings. The van der Waals surface area contributed by atoms with Crippen LogP contribution >= 0.6 is 0 Å². The van der Waals surface area contributed by atoms with E-state index in [1.807, 2.05) is 0 Å². The number of hydrogen-bond acceptors (Lipinski definition) is 5. The van der Waals surface area contributed by atoms with Crippen LogP contribution in [-0.2, 0) is 0 Å². The normalized spacial score (nSPS) is 17.1. The van der Waals surface area contributed by atoms with Gasteiger partial charge in [0.1, 0.15) is 6.07 Å². The van der Waals surface area contributed by atoms with Gasteiger partial charge in [-0.1, -0.05) is 26.7 Å². The Bertz CT molecular complexity index is 602. The first-order valence-electron chi connectivity index (χ1n) is 8.69. The van der Waals surface area contributed by atoms with E-state index in [0.717, 1.165) is 19.6 Å². The zero-order chi connectivity index (χ0) is 17.5. The van der Waals surface area contributed by atoms with E-state index in [4.69, 9.17) is 0 Å². The highest BCUT2D eigenvalue weighted by molar-refractivity contribution is 5.61.